The van der Waals surface area contributed by atoms with E-state index in [1.54, 1.807) is 0 Å². The summed E-state index contributed by atoms with van der Waals surface area (Å²) in [4.78, 5) is 0. The quantitative estimate of drug-likeness (QED) is 0.787. The molecule has 3 rings (SSSR count). The van der Waals surface area contributed by atoms with E-state index in [1.807, 2.05) is 0 Å². The van der Waals surface area contributed by atoms with Crippen LogP contribution in [0.5, 0.6) is 0 Å². The topological polar surface area (TPSA) is 51.0 Å². The zero-order valence-corrected chi connectivity index (χ0v) is 11.2. The lowest BCUT2D eigenvalue weighted by Gasteiger charge is -2.04. The summed E-state index contributed by atoms with van der Waals surface area (Å²) in [6.07, 6.45) is 7.50. The number of hydrogen-bond acceptors (Lipinski definition) is 4. The summed E-state index contributed by atoms with van der Waals surface area (Å²) in [6, 6.07) is 0. The predicted octanol–water partition coefficient (Wildman–Crippen LogP) is 2.52. The Balaban J connectivity index is 1.51. The molecule has 4 nitrogen and oxygen atoms in total. The third-order valence-electron chi connectivity index (χ3n) is 4.42. The molecule has 0 spiro atoms. The second-order valence-corrected chi connectivity index (χ2v) is 5.63. The minimum absolute atomic E-state index is 0.600. The van der Waals surface area contributed by atoms with Crippen molar-refractivity contribution in [2.75, 3.05) is 13.1 Å². The highest BCUT2D eigenvalue weighted by molar-refractivity contribution is 5.14. The van der Waals surface area contributed by atoms with Crippen LogP contribution < -0.4 is 5.32 Å². The van der Waals surface area contributed by atoms with Crippen LogP contribution in [0, 0.1) is 11.8 Å². The molecule has 0 amide bonds. The third kappa shape index (κ3) is 2.44. The van der Waals surface area contributed by atoms with E-state index in [1.165, 1.54) is 25.7 Å². The zero-order chi connectivity index (χ0) is 12.4. The van der Waals surface area contributed by atoms with E-state index in [0.717, 1.165) is 49.5 Å². The molecule has 0 aromatic carbocycles. The molecule has 0 radical (unpaired) electrons. The van der Waals surface area contributed by atoms with E-state index in [-0.39, 0.29) is 0 Å². The molecule has 2 unspecified atom stereocenters. The van der Waals surface area contributed by atoms with Crippen LogP contribution in [0.1, 0.15) is 56.7 Å². The van der Waals surface area contributed by atoms with Gasteiger partial charge in [0, 0.05) is 12.3 Å². The van der Waals surface area contributed by atoms with Crippen LogP contribution in [0.15, 0.2) is 4.42 Å². The summed E-state index contributed by atoms with van der Waals surface area (Å²) in [5.74, 6) is 4.06. The van der Waals surface area contributed by atoms with Gasteiger partial charge in [-0.1, -0.05) is 19.8 Å². The van der Waals surface area contributed by atoms with Crippen LogP contribution >= 0.6 is 0 Å². The standard InChI is InChI=1S/C14H23N3O/c1-2-15-9-5-8-12-16-17-14(18-12)13-10-6-3-4-7-11(10)13/h10-11,13,15H,2-9H2,1H3. The lowest BCUT2D eigenvalue weighted by atomic mass is 10.0. The summed E-state index contributed by atoms with van der Waals surface area (Å²) in [5, 5.41) is 11.8. The number of fused-ring (bicyclic) bond motifs is 1. The fourth-order valence-corrected chi connectivity index (χ4v) is 3.40. The van der Waals surface area contributed by atoms with E-state index >= 15 is 0 Å². The van der Waals surface area contributed by atoms with Gasteiger partial charge in [-0.3, -0.25) is 0 Å². The number of aryl methyl sites for hydroxylation is 1. The number of nitrogens with one attached hydrogen (secondary N) is 1. The van der Waals surface area contributed by atoms with Crippen molar-refractivity contribution in [1.29, 1.82) is 0 Å². The normalized spacial score (nSPS) is 30.2. The van der Waals surface area contributed by atoms with E-state index < -0.39 is 0 Å². The van der Waals surface area contributed by atoms with Gasteiger partial charge in [-0.05, 0) is 44.2 Å². The first kappa shape index (κ1) is 12.2. The third-order valence-corrected chi connectivity index (χ3v) is 4.42. The Labute approximate surface area is 109 Å². The number of aromatic nitrogens is 2. The first-order valence-corrected chi connectivity index (χ1v) is 7.43. The Bertz CT molecular complexity index is 378. The molecule has 0 aliphatic heterocycles. The van der Waals surface area contributed by atoms with Crippen LogP contribution in [0.2, 0.25) is 0 Å². The lowest BCUT2D eigenvalue weighted by Crippen LogP contribution is -2.14. The van der Waals surface area contributed by atoms with Crippen molar-refractivity contribution in [3.63, 3.8) is 0 Å². The Morgan fingerprint density at radius 1 is 1.22 bits per heavy atom. The Morgan fingerprint density at radius 2 is 2.00 bits per heavy atom. The Hall–Kier alpha value is -0.900. The average Bonchev–Trinajstić information content (AvgIpc) is 2.96. The van der Waals surface area contributed by atoms with Gasteiger partial charge in [-0.15, -0.1) is 10.2 Å². The molecule has 1 aromatic heterocycles. The van der Waals surface area contributed by atoms with Gasteiger partial charge < -0.3 is 9.73 Å². The highest BCUT2D eigenvalue weighted by atomic mass is 16.4. The van der Waals surface area contributed by atoms with Gasteiger partial charge in [0.15, 0.2) is 0 Å². The fraction of sp³-hybridized carbons (Fsp3) is 0.857. The van der Waals surface area contributed by atoms with Gasteiger partial charge in [-0.2, -0.15) is 0 Å². The van der Waals surface area contributed by atoms with Gasteiger partial charge in [0.2, 0.25) is 11.8 Å². The number of rotatable bonds is 6. The van der Waals surface area contributed by atoms with Crippen LogP contribution in [-0.2, 0) is 6.42 Å². The summed E-state index contributed by atoms with van der Waals surface area (Å²) >= 11 is 0. The van der Waals surface area contributed by atoms with Crippen molar-refractivity contribution in [3.8, 4) is 0 Å². The van der Waals surface area contributed by atoms with E-state index in [4.69, 9.17) is 4.42 Å². The van der Waals surface area contributed by atoms with Crippen LogP contribution in [0.3, 0.4) is 0 Å². The first-order chi connectivity index (χ1) is 8.90. The van der Waals surface area contributed by atoms with Crippen molar-refractivity contribution < 1.29 is 4.42 Å². The minimum Gasteiger partial charge on any atom is -0.425 e. The van der Waals surface area contributed by atoms with Gasteiger partial charge in [0.1, 0.15) is 0 Å². The second-order valence-electron chi connectivity index (χ2n) is 5.63. The second kappa shape index (κ2) is 5.39. The van der Waals surface area contributed by atoms with Crippen molar-refractivity contribution in [3.05, 3.63) is 11.8 Å². The van der Waals surface area contributed by atoms with Gasteiger partial charge in [-0.25, -0.2) is 0 Å². The number of hydrogen-bond donors (Lipinski definition) is 1. The first-order valence-electron chi connectivity index (χ1n) is 7.43. The van der Waals surface area contributed by atoms with E-state index in [2.05, 4.69) is 22.4 Å². The van der Waals surface area contributed by atoms with Crippen LogP contribution in [-0.4, -0.2) is 23.3 Å². The molecule has 2 aliphatic rings. The SMILES string of the molecule is CCNCCCc1nnc(C2C3CCCCC32)o1. The molecule has 0 saturated heterocycles. The molecule has 1 N–H and O–H groups in total. The lowest BCUT2D eigenvalue weighted by molar-refractivity contribution is 0.435. The Kier molecular flexibility index (Phi) is 3.64. The molecule has 2 saturated carbocycles. The molecular formula is C14H23N3O. The molecule has 2 atom stereocenters. The summed E-state index contributed by atoms with van der Waals surface area (Å²) in [6.45, 7) is 4.18. The minimum atomic E-state index is 0.600. The maximum atomic E-state index is 5.83. The van der Waals surface area contributed by atoms with Gasteiger partial charge in [0.05, 0.1) is 0 Å². The molecule has 2 aliphatic carbocycles. The maximum Gasteiger partial charge on any atom is 0.220 e. The highest BCUT2D eigenvalue weighted by Gasteiger charge is 2.54. The van der Waals surface area contributed by atoms with Gasteiger partial charge >= 0.3 is 0 Å². The van der Waals surface area contributed by atoms with E-state index in [9.17, 15) is 0 Å². The Morgan fingerprint density at radius 3 is 2.72 bits per heavy atom. The van der Waals surface area contributed by atoms with Crippen molar-refractivity contribution in [2.24, 2.45) is 11.8 Å². The zero-order valence-electron chi connectivity index (χ0n) is 11.2. The smallest absolute Gasteiger partial charge is 0.220 e. The van der Waals surface area contributed by atoms with Crippen molar-refractivity contribution in [1.82, 2.24) is 15.5 Å². The largest absolute Gasteiger partial charge is 0.425 e. The summed E-state index contributed by atoms with van der Waals surface area (Å²) in [7, 11) is 0. The van der Waals surface area contributed by atoms with Crippen molar-refractivity contribution >= 4 is 0 Å². The molecule has 0 bridgehead atoms. The molecular weight excluding hydrogens is 226 g/mol. The predicted molar refractivity (Wildman–Crippen MR) is 69.4 cm³/mol. The van der Waals surface area contributed by atoms with Crippen LogP contribution in [0.25, 0.3) is 0 Å². The molecule has 2 fully saturated rings. The van der Waals surface area contributed by atoms with Crippen molar-refractivity contribution in [2.45, 2.75) is 51.4 Å². The monoisotopic (exact) mass is 249 g/mol. The van der Waals surface area contributed by atoms with E-state index in [0.29, 0.717) is 5.92 Å². The summed E-state index contributed by atoms with van der Waals surface area (Å²) in [5.41, 5.74) is 0. The van der Waals surface area contributed by atoms with Crippen LogP contribution in [0.4, 0.5) is 0 Å². The maximum absolute atomic E-state index is 5.83. The molecule has 1 aromatic rings. The molecule has 1 heterocycles. The molecule has 18 heavy (non-hydrogen) atoms. The average molecular weight is 249 g/mol. The number of nitrogens with zero attached hydrogens (tertiary/aromatic N) is 2. The molecule has 100 valence electrons. The van der Waals surface area contributed by atoms with Gasteiger partial charge in [0.25, 0.3) is 0 Å². The highest BCUT2D eigenvalue weighted by Crippen LogP contribution is 2.60. The molecule has 4 heteroatoms. The fourth-order valence-electron chi connectivity index (χ4n) is 3.40. The summed E-state index contributed by atoms with van der Waals surface area (Å²) < 4.78 is 5.83.